The molecule has 110 valence electrons. The van der Waals surface area contributed by atoms with Gasteiger partial charge < -0.3 is 10.6 Å². The summed E-state index contributed by atoms with van der Waals surface area (Å²) in [6.07, 6.45) is 5.09. The molecule has 2 N–H and O–H groups in total. The molecule has 4 nitrogen and oxygen atoms in total. The van der Waals surface area contributed by atoms with Crippen molar-refractivity contribution in [2.75, 3.05) is 11.9 Å². The van der Waals surface area contributed by atoms with Gasteiger partial charge in [0.2, 0.25) is 0 Å². The molecule has 1 aromatic rings. The Kier molecular flexibility index (Phi) is 4.99. The normalized spacial score (nSPS) is 26.1. The van der Waals surface area contributed by atoms with Crippen LogP contribution < -0.4 is 10.6 Å². The van der Waals surface area contributed by atoms with E-state index in [0.717, 1.165) is 25.1 Å². The molecule has 1 aliphatic rings. The molecule has 1 aliphatic carbocycles. The lowest BCUT2D eigenvalue weighted by molar-refractivity contribution is 0.0906. The quantitative estimate of drug-likeness (QED) is 0.888. The molecule has 4 heteroatoms. The number of amides is 1. The summed E-state index contributed by atoms with van der Waals surface area (Å²) >= 11 is 0. The highest BCUT2D eigenvalue weighted by molar-refractivity contribution is 5.93. The van der Waals surface area contributed by atoms with Crippen molar-refractivity contribution < 1.29 is 4.79 Å². The van der Waals surface area contributed by atoms with Crippen LogP contribution in [0.15, 0.2) is 18.3 Å². The van der Waals surface area contributed by atoms with Crippen LogP contribution in [0.1, 0.15) is 50.5 Å². The molecule has 1 saturated carbocycles. The molecular formula is C16H25N3O. The lowest BCUT2D eigenvalue weighted by Gasteiger charge is -2.31. The molecule has 0 bridgehead atoms. The predicted molar refractivity (Wildman–Crippen MR) is 81.8 cm³/mol. The summed E-state index contributed by atoms with van der Waals surface area (Å²) in [4.78, 5) is 16.5. The summed E-state index contributed by atoms with van der Waals surface area (Å²) in [5, 5.41) is 6.34. The van der Waals surface area contributed by atoms with E-state index < -0.39 is 0 Å². The van der Waals surface area contributed by atoms with Crippen molar-refractivity contribution in [2.45, 2.75) is 46.1 Å². The zero-order chi connectivity index (χ0) is 14.5. The minimum atomic E-state index is -0.0592. The summed E-state index contributed by atoms with van der Waals surface area (Å²) in [5.74, 6) is 1.31. The van der Waals surface area contributed by atoms with Gasteiger partial charge in [0.1, 0.15) is 5.69 Å². The summed E-state index contributed by atoms with van der Waals surface area (Å²) in [7, 11) is 0. The minimum absolute atomic E-state index is 0.0592. The highest BCUT2D eigenvalue weighted by Gasteiger charge is 2.25. The van der Waals surface area contributed by atoms with E-state index in [9.17, 15) is 4.79 Å². The molecule has 0 aromatic carbocycles. The molecule has 0 spiro atoms. The molecule has 2 unspecified atom stereocenters. The molecule has 1 fully saturated rings. The molecule has 1 amide bonds. The van der Waals surface area contributed by atoms with Crippen LogP contribution in [0.25, 0.3) is 0 Å². The average molecular weight is 275 g/mol. The lowest BCUT2D eigenvalue weighted by atomic mass is 9.80. The number of carbonyl (C=O) groups is 1. The van der Waals surface area contributed by atoms with Crippen LogP contribution in [-0.4, -0.2) is 23.5 Å². The lowest BCUT2D eigenvalue weighted by Crippen LogP contribution is -2.40. The fourth-order valence-corrected chi connectivity index (χ4v) is 3.19. The number of carbonyl (C=O) groups excluding carboxylic acids is 1. The van der Waals surface area contributed by atoms with Gasteiger partial charge in [-0.15, -0.1) is 0 Å². The van der Waals surface area contributed by atoms with Crippen molar-refractivity contribution in [1.82, 2.24) is 10.3 Å². The first-order chi connectivity index (χ1) is 9.58. The van der Waals surface area contributed by atoms with Gasteiger partial charge in [-0.05, 0) is 50.2 Å². The van der Waals surface area contributed by atoms with E-state index in [1.54, 1.807) is 6.20 Å². The summed E-state index contributed by atoms with van der Waals surface area (Å²) in [5.41, 5.74) is 1.44. The maximum atomic E-state index is 12.3. The highest BCUT2D eigenvalue weighted by Crippen LogP contribution is 2.28. The summed E-state index contributed by atoms with van der Waals surface area (Å²) in [6.45, 7) is 7.39. The monoisotopic (exact) mass is 275 g/mol. The van der Waals surface area contributed by atoms with Crippen LogP contribution in [0.3, 0.4) is 0 Å². The Bertz CT molecular complexity index is 451. The Morgan fingerprint density at radius 2 is 2.00 bits per heavy atom. The number of pyridine rings is 1. The van der Waals surface area contributed by atoms with E-state index in [-0.39, 0.29) is 11.9 Å². The standard InChI is InChI=1S/C16H25N3O/c1-4-17-13-5-6-18-15(10-13)16(20)19-14-8-11(2)7-12(3)9-14/h5-6,10-12,14H,4,7-9H2,1-3H3,(H,17,18)(H,19,20). The summed E-state index contributed by atoms with van der Waals surface area (Å²) in [6, 6.07) is 3.98. The van der Waals surface area contributed by atoms with Gasteiger partial charge >= 0.3 is 0 Å². The third-order valence-corrected chi connectivity index (χ3v) is 3.89. The van der Waals surface area contributed by atoms with Crippen molar-refractivity contribution in [3.05, 3.63) is 24.0 Å². The van der Waals surface area contributed by atoms with Gasteiger partial charge in [-0.3, -0.25) is 9.78 Å². The first-order valence-corrected chi connectivity index (χ1v) is 7.59. The molecular weight excluding hydrogens is 250 g/mol. The second kappa shape index (κ2) is 6.73. The Morgan fingerprint density at radius 3 is 2.65 bits per heavy atom. The zero-order valence-electron chi connectivity index (χ0n) is 12.6. The van der Waals surface area contributed by atoms with Gasteiger partial charge in [-0.25, -0.2) is 0 Å². The molecule has 0 aliphatic heterocycles. The number of nitrogens with zero attached hydrogens (tertiary/aromatic N) is 1. The number of rotatable bonds is 4. The van der Waals surface area contributed by atoms with E-state index in [1.807, 2.05) is 19.1 Å². The van der Waals surface area contributed by atoms with Crippen LogP contribution in [0.5, 0.6) is 0 Å². The molecule has 20 heavy (non-hydrogen) atoms. The first-order valence-electron chi connectivity index (χ1n) is 7.59. The Labute approximate surface area is 121 Å². The fraction of sp³-hybridized carbons (Fsp3) is 0.625. The molecule has 1 heterocycles. The third-order valence-electron chi connectivity index (χ3n) is 3.89. The number of nitrogens with one attached hydrogen (secondary N) is 2. The molecule has 0 saturated heterocycles. The zero-order valence-corrected chi connectivity index (χ0v) is 12.6. The minimum Gasteiger partial charge on any atom is -0.385 e. The van der Waals surface area contributed by atoms with E-state index >= 15 is 0 Å². The van der Waals surface area contributed by atoms with Crippen molar-refractivity contribution in [2.24, 2.45) is 11.8 Å². The van der Waals surface area contributed by atoms with Crippen LogP contribution in [0.4, 0.5) is 5.69 Å². The van der Waals surface area contributed by atoms with E-state index in [4.69, 9.17) is 0 Å². The van der Waals surface area contributed by atoms with Crippen molar-refractivity contribution in [1.29, 1.82) is 0 Å². The maximum Gasteiger partial charge on any atom is 0.270 e. The summed E-state index contributed by atoms with van der Waals surface area (Å²) < 4.78 is 0. The van der Waals surface area contributed by atoms with Gasteiger partial charge in [0, 0.05) is 24.5 Å². The third kappa shape index (κ3) is 3.95. The van der Waals surface area contributed by atoms with Gasteiger partial charge in [-0.1, -0.05) is 13.8 Å². The smallest absolute Gasteiger partial charge is 0.270 e. The molecule has 0 radical (unpaired) electrons. The fourth-order valence-electron chi connectivity index (χ4n) is 3.19. The Balaban J connectivity index is 1.99. The SMILES string of the molecule is CCNc1ccnc(C(=O)NC2CC(C)CC(C)C2)c1. The van der Waals surface area contributed by atoms with E-state index in [2.05, 4.69) is 29.5 Å². The van der Waals surface area contributed by atoms with Gasteiger partial charge in [0.05, 0.1) is 0 Å². The number of anilines is 1. The van der Waals surface area contributed by atoms with E-state index in [0.29, 0.717) is 17.5 Å². The number of hydrogen-bond acceptors (Lipinski definition) is 3. The van der Waals surface area contributed by atoms with Crippen LogP contribution in [0.2, 0.25) is 0 Å². The van der Waals surface area contributed by atoms with Crippen LogP contribution >= 0.6 is 0 Å². The first kappa shape index (κ1) is 14.8. The van der Waals surface area contributed by atoms with Crippen molar-refractivity contribution in [3.63, 3.8) is 0 Å². The second-order valence-electron chi connectivity index (χ2n) is 6.05. The maximum absolute atomic E-state index is 12.3. The number of aromatic nitrogens is 1. The van der Waals surface area contributed by atoms with Gasteiger partial charge in [-0.2, -0.15) is 0 Å². The Morgan fingerprint density at radius 1 is 1.30 bits per heavy atom. The largest absolute Gasteiger partial charge is 0.385 e. The Hall–Kier alpha value is -1.58. The van der Waals surface area contributed by atoms with E-state index in [1.165, 1.54) is 6.42 Å². The average Bonchev–Trinajstić information content (AvgIpc) is 2.38. The second-order valence-corrected chi connectivity index (χ2v) is 6.05. The molecule has 2 atom stereocenters. The van der Waals surface area contributed by atoms with Gasteiger partial charge in [0.15, 0.2) is 0 Å². The topological polar surface area (TPSA) is 54.0 Å². The van der Waals surface area contributed by atoms with Crippen LogP contribution in [0, 0.1) is 11.8 Å². The van der Waals surface area contributed by atoms with Crippen molar-refractivity contribution in [3.8, 4) is 0 Å². The molecule has 1 aromatic heterocycles. The van der Waals surface area contributed by atoms with Gasteiger partial charge in [0.25, 0.3) is 5.91 Å². The molecule has 2 rings (SSSR count). The highest BCUT2D eigenvalue weighted by atomic mass is 16.1. The van der Waals surface area contributed by atoms with Crippen LogP contribution in [-0.2, 0) is 0 Å². The predicted octanol–water partition coefficient (Wildman–Crippen LogP) is 3.07. The number of hydrogen-bond donors (Lipinski definition) is 2. The van der Waals surface area contributed by atoms with Crippen molar-refractivity contribution >= 4 is 11.6 Å².